The molecule has 0 N–H and O–H groups in total. The quantitative estimate of drug-likeness (QED) is 0.439. The molecule has 0 atom stereocenters. The first-order valence-electron chi connectivity index (χ1n) is 3.05. The zero-order valence-corrected chi connectivity index (χ0v) is 5.84. The molecule has 0 fully saturated rings. The van der Waals surface area contributed by atoms with Crippen LogP contribution in [0.25, 0.3) is 0 Å². The second-order valence-corrected chi connectivity index (χ2v) is 1.83. The average Bonchev–Trinajstić information content (AvgIpc) is 2.01. The molecule has 1 aromatic rings. The van der Waals surface area contributed by atoms with Crippen molar-refractivity contribution in [2.75, 3.05) is 0 Å². The van der Waals surface area contributed by atoms with Crippen molar-refractivity contribution in [1.29, 1.82) is 0 Å². The maximum atomic E-state index is 12.4. The van der Waals surface area contributed by atoms with Crippen molar-refractivity contribution in [2.45, 2.75) is 6.42 Å². The van der Waals surface area contributed by atoms with Gasteiger partial charge in [0.05, 0.1) is 6.42 Å². The lowest BCUT2D eigenvalue weighted by Crippen LogP contribution is -1.94. The van der Waals surface area contributed by atoms with Gasteiger partial charge in [-0.15, -0.1) is 5.92 Å². The van der Waals surface area contributed by atoms with Crippen LogP contribution in [0.1, 0.15) is 5.82 Å². The molecule has 0 aliphatic carbocycles. The molecule has 0 aliphatic heterocycles. The molecule has 1 rings (SSSR count). The highest BCUT2D eigenvalue weighted by molar-refractivity contribution is 5.08. The van der Waals surface area contributed by atoms with Gasteiger partial charge in [-0.1, -0.05) is 5.92 Å². The summed E-state index contributed by atoms with van der Waals surface area (Å²) in [6, 6.07) is 1.20. The van der Waals surface area contributed by atoms with Crippen molar-refractivity contribution in [3.05, 3.63) is 31.0 Å². The Kier molecular flexibility index (Phi) is 2.56. The van der Waals surface area contributed by atoms with E-state index in [1.807, 2.05) is 0 Å². The Morgan fingerprint density at radius 1 is 1.64 bits per heavy atom. The number of nitrogens with zero attached hydrogens (tertiary/aromatic N) is 2. The fraction of sp³-hybridized carbons (Fsp3) is 0.125. The van der Waals surface area contributed by atoms with Gasteiger partial charge < -0.3 is 0 Å². The van der Waals surface area contributed by atoms with Gasteiger partial charge in [0.15, 0.2) is 0 Å². The molecule has 2 nitrogen and oxygen atoms in total. The highest BCUT2D eigenvalue weighted by atomic mass is 19.1. The lowest BCUT2D eigenvalue weighted by Gasteiger charge is -1.90. The van der Waals surface area contributed by atoms with E-state index in [0.717, 1.165) is 0 Å². The molecule has 1 radical (unpaired) electrons. The monoisotopic (exact) mass is 149 g/mol. The van der Waals surface area contributed by atoms with Crippen LogP contribution in [0.15, 0.2) is 12.3 Å². The summed E-state index contributed by atoms with van der Waals surface area (Å²) in [7, 11) is 0. The van der Waals surface area contributed by atoms with E-state index in [9.17, 15) is 4.39 Å². The fourth-order valence-electron chi connectivity index (χ4n) is 0.601. The van der Waals surface area contributed by atoms with Crippen molar-refractivity contribution in [1.82, 2.24) is 9.97 Å². The minimum absolute atomic E-state index is 0.348. The molecule has 1 aromatic heterocycles. The summed E-state index contributed by atoms with van der Waals surface area (Å²) < 4.78 is 12.4. The number of hydrogen-bond donors (Lipinski definition) is 0. The molecule has 0 amide bonds. The van der Waals surface area contributed by atoms with E-state index in [1.165, 1.54) is 12.3 Å². The minimum atomic E-state index is -0.527. The molecule has 0 aliphatic rings. The highest BCUT2D eigenvalue weighted by Gasteiger charge is 1.94. The molecular formula is C8H6FN2. The van der Waals surface area contributed by atoms with Crippen LogP contribution in [0.2, 0.25) is 0 Å². The van der Waals surface area contributed by atoms with Crippen LogP contribution in [-0.4, -0.2) is 9.97 Å². The second kappa shape index (κ2) is 3.67. The van der Waals surface area contributed by atoms with Gasteiger partial charge in [-0.05, 0) is 0 Å². The third-order valence-electron chi connectivity index (χ3n) is 1.04. The number of hydrogen-bond acceptors (Lipinski definition) is 2. The van der Waals surface area contributed by atoms with Crippen LogP contribution in [0.5, 0.6) is 0 Å². The Labute approximate surface area is 64.5 Å². The van der Waals surface area contributed by atoms with Gasteiger partial charge in [0.2, 0.25) is 5.95 Å². The summed E-state index contributed by atoms with van der Waals surface area (Å²) in [5.74, 6) is 4.94. The third-order valence-corrected chi connectivity index (χ3v) is 1.04. The molecule has 3 heteroatoms. The van der Waals surface area contributed by atoms with Gasteiger partial charge in [-0.3, -0.25) is 0 Å². The van der Waals surface area contributed by atoms with Crippen LogP contribution < -0.4 is 0 Å². The Bertz CT molecular complexity index is 298. The Balaban J connectivity index is 2.76. The van der Waals surface area contributed by atoms with E-state index in [4.69, 9.17) is 0 Å². The van der Waals surface area contributed by atoms with Crippen molar-refractivity contribution >= 4 is 0 Å². The summed E-state index contributed by atoms with van der Waals surface area (Å²) in [6.07, 6.45) is 1.71. The van der Waals surface area contributed by atoms with Crippen molar-refractivity contribution in [2.24, 2.45) is 0 Å². The van der Waals surface area contributed by atoms with Crippen LogP contribution in [-0.2, 0) is 6.42 Å². The van der Waals surface area contributed by atoms with E-state index in [1.54, 1.807) is 0 Å². The highest BCUT2D eigenvalue weighted by Crippen LogP contribution is 1.92. The largest absolute Gasteiger partial charge is 0.240 e. The molecule has 0 saturated heterocycles. The molecule has 11 heavy (non-hydrogen) atoms. The maximum absolute atomic E-state index is 12.4. The van der Waals surface area contributed by atoms with E-state index in [2.05, 4.69) is 28.7 Å². The lowest BCUT2D eigenvalue weighted by atomic mass is 10.4. The Morgan fingerprint density at radius 3 is 3.09 bits per heavy atom. The van der Waals surface area contributed by atoms with Crippen molar-refractivity contribution < 1.29 is 4.39 Å². The van der Waals surface area contributed by atoms with Crippen LogP contribution in [0.4, 0.5) is 4.39 Å². The zero-order valence-electron chi connectivity index (χ0n) is 5.84. The summed E-state index contributed by atoms with van der Waals surface area (Å²) in [6.45, 7) is 3.31. The number of halogens is 1. The van der Waals surface area contributed by atoms with Gasteiger partial charge in [0, 0.05) is 19.2 Å². The van der Waals surface area contributed by atoms with E-state index < -0.39 is 5.95 Å². The normalized spacial score (nSPS) is 8.55. The zero-order chi connectivity index (χ0) is 8.10. The maximum Gasteiger partial charge on any atom is 0.216 e. The molecule has 0 saturated carbocycles. The van der Waals surface area contributed by atoms with E-state index in [0.29, 0.717) is 12.2 Å². The van der Waals surface area contributed by atoms with Gasteiger partial charge in [0.1, 0.15) is 5.82 Å². The molecule has 0 unspecified atom stereocenters. The van der Waals surface area contributed by atoms with Gasteiger partial charge >= 0.3 is 0 Å². The minimum Gasteiger partial charge on any atom is -0.240 e. The molecular weight excluding hydrogens is 143 g/mol. The first-order chi connectivity index (χ1) is 5.33. The smallest absolute Gasteiger partial charge is 0.216 e. The third kappa shape index (κ3) is 2.34. The van der Waals surface area contributed by atoms with Gasteiger partial charge in [-0.2, -0.15) is 4.39 Å². The summed E-state index contributed by atoms with van der Waals surface area (Å²) in [4.78, 5) is 7.30. The van der Waals surface area contributed by atoms with Crippen LogP contribution >= 0.6 is 0 Å². The predicted octanol–water partition coefficient (Wildman–Crippen LogP) is 0.996. The van der Waals surface area contributed by atoms with Crippen LogP contribution in [0, 0.1) is 24.7 Å². The average molecular weight is 149 g/mol. The predicted molar refractivity (Wildman–Crippen MR) is 38.8 cm³/mol. The topological polar surface area (TPSA) is 25.8 Å². The molecule has 1 heterocycles. The SMILES string of the molecule is [CH2]C#CCc1nccc(F)n1. The molecule has 55 valence electrons. The molecule has 0 bridgehead atoms. The lowest BCUT2D eigenvalue weighted by molar-refractivity contribution is 0.572. The summed E-state index contributed by atoms with van der Waals surface area (Å²) >= 11 is 0. The fourth-order valence-corrected chi connectivity index (χ4v) is 0.601. The van der Waals surface area contributed by atoms with Gasteiger partial charge in [0.25, 0.3) is 0 Å². The number of rotatable bonds is 1. The molecule has 0 spiro atoms. The van der Waals surface area contributed by atoms with E-state index in [-0.39, 0.29) is 0 Å². The second-order valence-electron chi connectivity index (χ2n) is 1.83. The first-order valence-corrected chi connectivity index (χ1v) is 3.05. The Hall–Kier alpha value is -1.43. The van der Waals surface area contributed by atoms with Crippen molar-refractivity contribution in [3.8, 4) is 11.8 Å². The standard InChI is InChI=1S/C8H6FN2/c1-2-3-4-8-10-6-5-7(9)11-8/h5-6H,1,4H2. The van der Waals surface area contributed by atoms with Crippen LogP contribution in [0.3, 0.4) is 0 Å². The first kappa shape index (κ1) is 7.67. The van der Waals surface area contributed by atoms with Crippen molar-refractivity contribution in [3.63, 3.8) is 0 Å². The number of aromatic nitrogens is 2. The molecule has 0 aromatic carbocycles. The Morgan fingerprint density at radius 2 is 2.45 bits per heavy atom. The summed E-state index contributed by atoms with van der Waals surface area (Å²) in [5.41, 5.74) is 0. The van der Waals surface area contributed by atoms with Gasteiger partial charge in [-0.25, -0.2) is 9.97 Å². The van der Waals surface area contributed by atoms with E-state index >= 15 is 0 Å². The summed E-state index contributed by atoms with van der Waals surface area (Å²) in [5, 5.41) is 0.